The predicted octanol–water partition coefficient (Wildman–Crippen LogP) is 7.91. The molecule has 2 aliphatic heterocycles. The zero-order valence-corrected chi connectivity index (χ0v) is 43.9. The fraction of sp³-hybridized carbons (Fsp3) is 0.481. The molecule has 1 aliphatic carbocycles. The molecule has 380 valence electrons. The van der Waals surface area contributed by atoms with E-state index in [-0.39, 0.29) is 60.4 Å². The van der Waals surface area contributed by atoms with Crippen LogP contribution in [-0.2, 0) is 32.2 Å². The second-order valence-corrected chi connectivity index (χ2v) is 22.9. The maximum Gasteiger partial charge on any atom is 0.254 e. The maximum absolute atomic E-state index is 14.1. The van der Waals surface area contributed by atoms with Crippen molar-refractivity contribution in [1.82, 2.24) is 40.4 Å². The minimum absolute atomic E-state index is 0.0156. The Balaban J connectivity index is 0.787. The molecule has 72 heavy (non-hydrogen) atoms. The molecule has 0 unspecified atom stereocenters. The van der Waals surface area contributed by atoms with E-state index < -0.39 is 35.4 Å². The molecule has 0 radical (unpaired) electrons. The number of carbonyl (C=O) groups is 4. The van der Waals surface area contributed by atoms with Gasteiger partial charge in [0.2, 0.25) is 17.7 Å². The number of fused-ring (bicyclic) bond motifs is 1. The van der Waals surface area contributed by atoms with Crippen molar-refractivity contribution in [3.05, 3.63) is 105 Å². The van der Waals surface area contributed by atoms with Crippen LogP contribution < -0.4 is 15.4 Å². The van der Waals surface area contributed by atoms with Gasteiger partial charge in [-0.05, 0) is 73.1 Å². The van der Waals surface area contributed by atoms with E-state index in [1.54, 1.807) is 34.2 Å². The number of aryl methyl sites for hydroxylation is 2. The highest BCUT2D eigenvalue weighted by atomic mass is 35.5. The largest absolute Gasteiger partial charge is 0.489 e. The van der Waals surface area contributed by atoms with Gasteiger partial charge in [-0.2, -0.15) is 5.26 Å². The molecule has 4 atom stereocenters. The minimum Gasteiger partial charge on any atom is -0.489 e. The highest BCUT2D eigenvalue weighted by Gasteiger charge is 2.67. The van der Waals surface area contributed by atoms with E-state index in [0.717, 1.165) is 32.8 Å². The van der Waals surface area contributed by atoms with Gasteiger partial charge < -0.3 is 35.0 Å². The van der Waals surface area contributed by atoms with Crippen LogP contribution in [0.3, 0.4) is 0 Å². The Kier molecular flexibility index (Phi) is 15.0. The highest BCUT2D eigenvalue weighted by molar-refractivity contribution is 7.13. The summed E-state index contributed by atoms with van der Waals surface area (Å²) in [5, 5.41) is 35.0. The number of amides is 4. The highest BCUT2D eigenvalue weighted by Crippen LogP contribution is 2.59. The van der Waals surface area contributed by atoms with Crippen molar-refractivity contribution in [2.75, 3.05) is 19.8 Å². The Bertz CT molecular complexity index is 2870. The van der Waals surface area contributed by atoms with Gasteiger partial charge in [-0.25, -0.2) is 4.98 Å². The molecule has 3 aromatic carbocycles. The molecule has 1 saturated carbocycles. The summed E-state index contributed by atoms with van der Waals surface area (Å²) in [6, 6.07) is 18.5. The van der Waals surface area contributed by atoms with E-state index in [1.807, 2.05) is 93.7 Å². The van der Waals surface area contributed by atoms with Gasteiger partial charge in [0.15, 0.2) is 0 Å². The van der Waals surface area contributed by atoms with Crippen molar-refractivity contribution in [1.29, 1.82) is 5.26 Å². The van der Waals surface area contributed by atoms with Gasteiger partial charge in [0, 0.05) is 66.7 Å². The van der Waals surface area contributed by atoms with Gasteiger partial charge in [0.05, 0.1) is 45.0 Å². The zero-order valence-electron chi connectivity index (χ0n) is 42.4. The smallest absolute Gasteiger partial charge is 0.254 e. The van der Waals surface area contributed by atoms with Crippen molar-refractivity contribution in [3.8, 4) is 33.5 Å². The van der Waals surface area contributed by atoms with Crippen LogP contribution in [0, 0.1) is 34.5 Å². The van der Waals surface area contributed by atoms with Crippen LogP contribution >= 0.6 is 22.9 Å². The second-order valence-electron chi connectivity index (χ2n) is 21.6. The minimum atomic E-state index is -0.973. The number of nitrogens with zero attached hydrogens (tertiary/aromatic N) is 7. The Labute approximate surface area is 430 Å². The van der Waals surface area contributed by atoms with E-state index in [1.165, 1.54) is 4.90 Å². The number of nitrogens with one attached hydrogen (secondary N) is 2. The third-order valence-corrected chi connectivity index (χ3v) is 15.7. The average Bonchev–Trinajstić information content (AvgIpc) is 4.14. The van der Waals surface area contributed by atoms with E-state index in [2.05, 4.69) is 59.7 Å². The number of nitriles is 1. The van der Waals surface area contributed by atoms with Crippen LogP contribution in [0.1, 0.15) is 113 Å². The number of aliphatic hydroxyl groups excluding tert-OH is 1. The zero-order chi connectivity index (χ0) is 51.9. The van der Waals surface area contributed by atoms with Crippen molar-refractivity contribution in [3.63, 3.8) is 0 Å². The normalized spacial score (nSPS) is 20.8. The molecule has 3 N–H and O–H groups in total. The van der Waals surface area contributed by atoms with Crippen LogP contribution in [-0.4, -0.2) is 109 Å². The third-order valence-electron chi connectivity index (χ3n) is 14.4. The van der Waals surface area contributed by atoms with Crippen molar-refractivity contribution in [2.45, 2.75) is 131 Å². The molecule has 2 fully saturated rings. The van der Waals surface area contributed by atoms with Gasteiger partial charge >= 0.3 is 0 Å². The lowest BCUT2D eigenvalue weighted by Gasteiger charge is -2.65. The van der Waals surface area contributed by atoms with Gasteiger partial charge in [0.25, 0.3) is 5.91 Å². The van der Waals surface area contributed by atoms with Crippen molar-refractivity contribution in [2.24, 2.45) is 16.2 Å². The molecular weight excluding hydrogens is 954 g/mol. The number of benzene rings is 3. The number of hydrogen-bond donors (Lipinski definition) is 3. The summed E-state index contributed by atoms with van der Waals surface area (Å²) in [7, 11) is 0. The van der Waals surface area contributed by atoms with Crippen LogP contribution in [0.4, 0.5) is 0 Å². The SMILES string of the molecule is Cc1ncsc1-c1ccc([C@H](C)NC(=O)[C@@H]2C[C@@H](O)CN2C(=O)[C@@H](NC(=O)COCCCCn2cc(-c3ccc4c(c3)CN([C@H]3C(C)(C)[C@H](Oc5ccc(C#N)c(Cl)c5)C3(C)C)C4=O)nn2)C(C)(C)C)cc1. The van der Waals surface area contributed by atoms with E-state index in [9.17, 15) is 29.5 Å². The first-order valence-corrected chi connectivity index (χ1v) is 25.7. The lowest BCUT2D eigenvalue weighted by molar-refractivity contribution is -0.199. The van der Waals surface area contributed by atoms with Gasteiger partial charge in [-0.1, -0.05) is 95.6 Å². The predicted molar refractivity (Wildman–Crippen MR) is 274 cm³/mol. The molecule has 2 aromatic heterocycles. The number of unbranched alkanes of at least 4 members (excludes halogenated alkanes) is 1. The van der Waals surface area contributed by atoms with Crippen molar-refractivity contribution >= 4 is 46.6 Å². The molecule has 5 aromatic rings. The summed E-state index contributed by atoms with van der Waals surface area (Å²) in [4.78, 5) is 63.7. The van der Waals surface area contributed by atoms with Crippen LogP contribution in [0.25, 0.3) is 21.7 Å². The first-order chi connectivity index (χ1) is 34.1. The Morgan fingerprint density at radius 2 is 1.74 bits per heavy atom. The second kappa shape index (κ2) is 20.7. The van der Waals surface area contributed by atoms with E-state index in [0.29, 0.717) is 60.1 Å². The number of aliphatic hydroxyl groups is 1. The maximum atomic E-state index is 14.1. The number of ether oxygens (including phenoxy) is 2. The van der Waals surface area contributed by atoms with Crippen LogP contribution in [0.5, 0.6) is 5.75 Å². The number of halogens is 1. The number of aromatic nitrogens is 4. The summed E-state index contributed by atoms with van der Waals surface area (Å²) in [6.07, 6.45) is 2.21. The fourth-order valence-electron chi connectivity index (χ4n) is 11.1. The summed E-state index contributed by atoms with van der Waals surface area (Å²) in [5.41, 5.74) is 6.76. The molecular formula is C54H64ClN9O7S. The molecule has 1 saturated heterocycles. The number of β-amino-alcohol motifs (C(OH)–C–C–N with tert-alkyl or cyclic N) is 1. The number of hydrogen-bond acceptors (Lipinski definition) is 12. The van der Waals surface area contributed by atoms with Gasteiger partial charge in [-0.3, -0.25) is 23.9 Å². The fourth-order valence-corrected chi connectivity index (χ4v) is 12.1. The standard InChI is InChI=1S/C54H64ClN9O7S/c1-31(33-12-14-34(15-13-33)45-32(2)57-30-72-45)58-47(67)43-23-38(65)27-63(43)49(69)46(52(3,4)5)59-44(66)29-70-21-11-10-20-62-28-42(60-61-62)35-17-19-40-37(22-35)26-64(48(40)68)50-53(6,7)51(54(50,8)9)71-39-18-16-36(25-56)41(55)24-39/h12-19,22,24,28,30-31,38,43,46,50-51,65H,10-11,20-21,23,26-27,29H2,1-9H3,(H,58,67)(H,59,66)/t31-,38+,43-,46+,50-,51-/m0/s1. The molecule has 0 bridgehead atoms. The van der Waals surface area contributed by atoms with Crippen molar-refractivity contribution < 1.29 is 33.8 Å². The lowest BCUT2D eigenvalue weighted by atomic mass is 9.49. The number of carbonyl (C=O) groups excluding carboxylic acids is 4. The van der Waals surface area contributed by atoms with Crippen LogP contribution in [0.15, 0.2) is 72.4 Å². The number of thiazole rings is 1. The summed E-state index contributed by atoms with van der Waals surface area (Å²) in [5.74, 6) is -0.709. The molecule has 8 rings (SSSR count). The van der Waals surface area contributed by atoms with Gasteiger partial charge in [0.1, 0.15) is 42.3 Å². The molecule has 4 heterocycles. The number of likely N-dealkylation sites (tertiary alicyclic amines) is 1. The lowest BCUT2D eigenvalue weighted by Crippen LogP contribution is -2.74. The molecule has 18 heteroatoms. The quantitative estimate of drug-likeness (QED) is 0.0764. The van der Waals surface area contributed by atoms with E-state index >= 15 is 0 Å². The first-order valence-electron chi connectivity index (χ1n) is 24.5. The summed E-state index contributed by atoms with van der Waals surface area (Å²) in [6.45, 7) is 18.9. The van der Waals surface area contributed by atoms with Crippen LogP contribution in [0.2, 0.25) is 5.02 Å². The van der Waals surface area contributed by atoms with E-state index in [4.69, 9.17) is 21.1 Å². The summed E-state index contributed by atoms with van der Waals surface area (Å²) < 4.78 is 14.0. The molecule has 16 nitrogen and oxygen atoms in total. The summed E-state index contributed by atoms with van der Waals surface area (Å²) >= 11 is 7.88. The molecule has 3 aliphatic rings. The average molecular weight is 1020 g/mol. The number of rotatable bonds is 17. The Morgan fingerprint density at radius 1 is 1.01 bits per heavy atom. The molecule has 4 amide bonds. The van der Waals surface area contributed by atoms with Gasteiger partial charge in [-0.15, -0.1) is 16.4 Å². The molecule has 0 spiro atoms. The Hall–Kier alpha value is -6.19. The first kappa shape index (κ1) is 52.1. The Morgan fingerprint density at radius 3 is 2.40 bits per heavy atom. The monoisotopic (exact) mass is 1020 g/mol. The topological polar surface area (TPSA) is 205 Å². The third kappa shape index (κ3) is 10.6.